The number of carbonyl (C=O) groups excluding carboxylic acids is 2. The molecule has 0 atom stereocenters. The molecule has 1 heterocycles. The quantitative estimate of drug-likeness (QED) is 0.328. The lowest BCUT2D eigenvalue weighted by atomic mass is 10.1. The Morgan fingerprint density at radius 1 is 1.00 bits per heavy atom. The molecule has 0 bridgehead atoms. The van der Waals surface area contributed by atoms with Gasteiger partial charge in [-0.1, -0.05) is 18.2 Å². The van der Waals surface area contributed by atoms with Gasteiger partial charge < -0.3 is 4.74 Å². The number of hydrogen-bond acceptors (Lipinski definition) is 5. The number of hydrogen-bond donors (Lipinski definition) is 1. The van der Waals surface area contributed by atoms with Gasteiger partial charge in [0.1, 0.15) is 5.75 Å². The van der Waals surface area contributed by atoms with Gasteiger partial charge in [0, 0.05) is 18.0 Å². The van der Waals surface area contributed by atoms with Crippen LogP contribution in [0.25, 0.3) is 0 Å². The third kappa shape index (κ3) is 4.85. The van der Waals surface area contributed by atoms with E-state index < -0.39 is 5.97 Å². The molecule has 0 aliphatic carbocycles. The third-order valence-corrected chi connectivity index (χ3v) is 3.78. The second kappa shape index (κ2) is 8.53. The minimum Gasteiger partial charge on any atom is -0.423 e. The van der Waals surface area contributed by atoms with E-state index in [1.54, 1.807) is 48.5 Å². The van der Waals surface area contributed by atoms with Gasteiger partial charge in [-0.2, -0.15) is 5.10 Å². The highest BCUT2D eigenvalue weighted by atomic mass is 16.5. The van der Waals surface area contributed by atoms with Crippen molar-refractivity contribution in [3.63, 3.8) is 0 Å². The van der Waals surface area contributed by atoms with Crippen LogP contribution >= 0.6 is 0 Å². The molecule has 3 aromatic rings. The number of hydrazone groups is 1. The standard InChI is InChI=1S/C21H17N3O3/c1-15-4-2-3-5-19(15)21(26)27-18-8-6-16(7-9-18)14-23-24-20(25)17-10-12-22-13-11-17/h2-14H,1H3,(H,24,25)/b23-14+. The van der Waals surface area contributed by atoms with Gasteiger partial charge in [0.25, 0.3) is 5.91 Å². The average molecular weight is 359 g/mol. The van der Waals surface area contributed by atoms with E-state index in [0.717, 1.165) is 11.1 Å². The van der Waals surface area contributed by atoms with Crippen LogP contribution in [0.1, 0.15) is 31.8 Å². The zero-order valence-electron chi connectivity index (χ0n) is 14.6. The summed E-state index contributed by atoms with van der Waals surface area (Å²) >= 11 is 0. The molecule has 3 rings (SSSR count). The van der Waals surface area contributed by atoms with E-state index in [9.17, 15) is 9.59 Å². The summed E-state index contributed by atoms with van der Waals surface area (Å²) in [5, 5.41) is 3.92. The fraction of sp³-hybridized carbons (Fsp3) is 0.0476. The van der Waals surface area contributed by atoms with Crippen molar-refractivity contribution in [1.29, 1.82) is 0 Å². The molecule has 0 spiro atoms. The smallest absolute Gasteiger partial charge is 0.343 e. The molecule has 1 aromatic heterocycles. The zero-order chi connectivity index (χ0) is 19.1. The van der Waals surface area contributed by atoms with Crippen LogP contribution in [0.2, 0.25) is 0 Å². The summed E-state index contributed by atoms with van der Waals surface area (Å²) in [5.41, 5.74) is 5.05. The third-order valence-electron chi connectivity index (χ3n) is 3.78. The number of nitrogens with one attached hydrogen (secondary N) is 1. The molecule has 0 fully saturated rings. The van der Waals surface area contributed by atoms with Crippen LogP contribution < -0.4 is 10.2 Å². The lowest BCUT2D eigenvalue weighted by Crippen LogP contribution is -2.17. The van der Waals surface area contributed by atoms with Crippen LogP contribution in [0.3, 0.4) is 0 Å². The van der Waals surface area contributed by atoms with Crippen LogP contribution in [-0.2, 0) is 0 Å². The molecule has 0 aliphatic heterocycles. The number of benzene rings is 2. The van der Waals surface area contributed by atoms with Gasteiger partial charge in [0.05, 0.1) is 11.8 Å². The molecular formula is C21H17N3O3. The number of amides is 1. The highest BCUT2D eigenvalue weighted by Crippen LogP contribution is 2.15. The van der Waals surface area contributed by atoms with Crippen molar-refractivity contribution in [3.8, 4) is 5.75 Å². The molecule has 1 N–H and O–H groups in total. The lowest BCUT2D eigenvalue weighted by molar-refractivity contribution is 0.0733. The summed E-state index contributed by atoms with van der Waals surface area (Å²) in [5.74, 6) is -0.294. The average Bonchev–Trinajstić information content (AvgIpc) is 2.70. The molecule has 6 nitrogen and oxygen atoms in total. The SMILES string of the molecule is Cc1ccccc1C(=O)Oc1ccc(/C=N/NC(=O)c2ccncc2)cc1. The molecule has 0 saturated carbocycles. The van der Waals surface area contributed by atoms with Crippen LogP contribution in [0.15, 0.2) is 78.2 Å². The van der Waals surface area contributed by atoms with Crippen molar-refractivity contribution in [2.45, 2.75) is 6.92 Å². The van der Waals surface area contributed by atoms with Gasteiger partial charge in [0.2, 0.25) is 0 Å². The lowest BCUT2D eigenvalue weighted by Gasteiger charge is -2.06. The number of aryl methyl sites for hydroxylation is 1. The first-order chi connectivity index (χ1) is 13.1. The van der Waals surface area contributed by atoms with Crippen LogP contribution in [-0.4, -0.2) is 23.1 Å². The maximum Gasteiger partial charge on any atom is 0.343 e. The van der Waals surface area contributed by atoms with Crippen molar-refractivity contribution in [3.05, 3.63) is 95.3 Å². The van der Waals surface area contributed by atoms with Crippen molar-refractivity contribution in [1.82, 2.24) is 10.4 Å². The summed E-state index contributed by atoms with van der Waals surface area (Å²) in [6.07, 6.45) is 4.58. The Morgan fingerprint density at radius 3 is 2.41 bits per heavy atom. The molecule has 0 unspecified atom stereocenters. The molecule has 0 aliphatic rings. The van der Waals surface area contributed by atoms with Gasteiger partial charge in [-0.05, 0) is 60.5 Å². The number of ether oxygens (including phenoxy) is 1. The van der Waals surface area contributed by atoms with Gasteiger partial charge in [-0.3, -0.25) is 9.78 Å². The molecule has 2 aromatic carbocycles. The predicted octanol–water partition coefficient (Wildman–Crippen LogP) is 3.37. The predicted molar refractivity (Wildman–Crippen MR) is 102 cm³/mol. The molecular weight excluding hydrogens is 342 g/mol. The van der Waals surface area contributed by atoms with Crippen LogP contribution in [0, 0.1) is 6.92 Å². The second-order valence-corrected chi connectivity index (χ2v) is 5.71. The zero-order valence-corrected chi connectivity index (χ0v) is 14.6. The maximum atomic E-state index is 12.2. The fourth-order valence-corrected chi connectivity index (χ4v) is 2.32. The molecule has 27 heavy (non-hydrogen) atoms. The first-order valence-electron chi connectivity index (χ1n) is 8.25. The second-order valence-electron chi connectivity index (χ2n) is 5.71. The highest BCUT2D eigenvalue weighted by molar-refractivity contribution is 5.95. The summed E-state index contributed by atoms with van der Waals surface area (Å²) in [4.78, 5) is 27.9. The normalized spacial score (nSPS) is 10.6. The maximum absolute atomic E-state index is 12.2. The van der Waals surface area contributed by atoms with Crippen LogP contribution in [0.5, 0.6) is 5.75 Å². The van der Waals surface area contributed by atoms with Gasteiger partial charge in [-0.25, -0.2) is 10.2 Å². The monoisotopic (exact) mass is 359 g/mol. The first-order valence-corrected chi connectivity index (χ1v) is 8.25. The van der Waals surface area contributed by atoms with Crippen molar-refractivity contribution in [2.75, 3.05) is 0 Å². The van der Waals surface area contributed by atoms with E-state index in [0.29, 0.717) is 16.9 Å². The van der Waals surface area contributed by atoms with Gasteiger partial charge in [-0.15, -0.1) is 0 Å². The Balaban J connectivity index is 1.58. The van der Waals surface area contributed by atoms with Crippen molar-refractivity contribution < 1.29 is 14.3 Å². The molecule has 0 saturated heterocycles. The summed E-state index contributed by atoms with van der Waals surface area (Å²) in [6, 6.07) is 17.3. The Labute approximate surface area is 156 Å². The minimum atomic E-state index is -0.404. The molecule has 0 radical (unpaired) electrons. The Morgan fingerprint density at radius 2 is 1.70 bits per heavy atom. The number of aromatic nitrogens is 1. The largest absolute Gasteiger partial charge is 0.423 e. The van der Waals surface area contributed by atoms with Crippen molar-refractivity contribution >= 4 is 18.1 Å². The Kier molecular flexibility index (Phi) is 5.69. The summed E-state index contributed by atoms with van der Waals surface area (Å²) in [6.45, 7) is 1.86. The summed E-state index contributed by atoms with van der Waals surface area (Å²) in [7, 11) is 0. The van der Waals surface area contributed by atoms with E-state index in [1.807, 2.05) is 19.1 Å². The molecule has 1 amide bonds. The number of nitrogens with zero attached hydrogens (tertiary/aromatic N) is 2. The van der Waals surface area contributed by atoms with E-state index >= 15 is 0 Å². The molecule has 6 heteroatoms. The van der Waals surface area contributed by atoms with E-state index in [4.69, 9.17) is 4.74 Å². The van der Waals surface area contributed by atoms with E-state index in [1.165, 1.54) is 18.6 Å². The number of rotatable bonds is 5. The minimum absolute atomic E-state index is 0.322. The van der Waals surface area contributed by atoms with E-state index in [2.05, 4.69) is 15.5 Å². The van der Waals surface area contributed by atoms with Gasteiger partial charge >= 0.3 is 5.97 Å². The highest BCUT2D eigenvalue weighted by Gasteiger charge is 2.10. The first kappa shape index (κ1) is 18.0. The van der Waals surface area contributed by atoms with E-state index in [-0.39, 0.29) is 5.91 Å². The number of esters is 1. The Bertz CT molecular complexity index is 967. The fourth-order valence-electron chi connectivity index (χ4n) is 2.32. The molecule has 134 valence electrons. The topological polar surface area (TPSA) is 80.6 Å². The van der Waals surface area contributed by atoms with Crippen molar-refractivity contribution in [2.24, 2.45) is 5.10 Å². The summed E-state index contributed by atoms with van der Waals surface area (Å²) < 4.78 is 5.38. The number of pyridine rings is 1. The number of carbonyl (C=O) groups is 2. The van der Waals surface area contributed by atoms with Gasteiger partial charge in [0.15, 0.2) is 0 Å². The van der Waals surface area contributed by atoms with Crippen LogP contribution in [0.4, 0.5) is 0 Å². The Hall–Kier alpha value is -3.80.